The first-order valence-electron chi connectivity index (χ1n) is 8.59. The third kappa shape index (κ3) is 3.40. The highest BCUT2D eigenvalue weighted by Gasteiger charge is 2.33. The van der Waals surface area contributed by atoms with Crippen LogP contribution < -0.4 is 10.2 Å². The molecule has 1 aliphatic rings. The number of carbonyl (C=O) groups excluding carboxylic acids is 1. The minimum absolute atomic E-state index is 0.0740. The summed E-state index contributed by atoms with van der Waals surface area (Å²) in [6, 6.07) is 14.1. The van der Waals surface area contributed by atoms with Gasteiger partial charge in [-0.15, -0.1) is 0 Å². The van der Waals surface area contributed by atoms with Gasteiger partial charge in [0, 0.05) is 18.4 Å². The van der Waals surface area contributed by atoms with E-state index in [1.807, 2.05) is 24.3 Å². The molecule has 2 aromatic carbocycles. The van der Waals surface area contributed by atoms with Gasteiger partial charge in [-0.05, 0) is 36.2 Å². The molecule has 8 heteroatoms. The molecule has 5 nitrogen and oxygen atoms in total. The van der Waals surface area contributed by atoms with Crippen LogP contribution in [-0.2, 0) is 12.6 Å². The molecule has 0 saturated heterocycles. The molecule has 1 amide bonds. The van der Waals surface area contributed by atoms with Crippen LogP contribution in [0.3, 0.4) is 0 Å². The maximum atomic E-state index is 13.2. The van der Waals surface area contributed by atoms with E-state index in [9.17, 15) is 18.0 Å². The Labute approximate surface area is 158 Å². The third-order valence-electron chi connectivity index (χ3n) is 4.49. The number of alkyl halides is 3. The number of benzene rings is 2. The Kier molecular flexibility index (Phi) is 4.46. The van der Waals surface area contributed by atoms with Crippen molar-refractivity contribution >= 4 is 23.2 Å². The van der Waals surface area contributed by atoms with E-state index in [1.165, 1.54) is 30.5 Å². The van der Waals surface area contributed by atoms with E-state index in [-0.39, 0.29) is 23.2 Å². The molecule has 0 aliphatic carbocycles. The number of aromatic nitrogens is 2. The second-order valence-electron chi connectivity index (χ2n) is 6.27. The molecule has 1 aliphatic heterocycles. The van der Waals surface area contributed by atoms with Crippen molar-refractivity contribution in [2.75, 3.05) is 16.8 Å². The minimum atomic E-state index is -4.52. The van der Waals surface area contributed by atoms with E-state index in [0.29, 0.717) is 6.54 Å². The van der Waals surface area contributed by atoms with Crippen LogP contribution in [-0.4, -0.2) is 22.4 Å². The fourth-order valence-electron chi connectivity index (χ4n) is 3.19. The molecule has 142 valence electrons. The summed E-state index contributed by atoms with van der Waals surface area (Å²) in [6.07, 6.45) is -2.42. The largest absolute Gasteiger partial charge is 0.418 e. The van der Waals surface area contributed by atoms with Crippen LogP contribution in [0, 0.1) is 0 Å². The molecular formula is C20H15F3N4O. The highest BCUT2D eigenvalue weighted by Crippen LogP contribution is 2.35. The average molecular weight is 384 g/mol. The lowest BCUT2D eigenvalue weighted by Crippen LogP contribution is -2.29. The van der Waals surface area contributed by atoms with Gasteiger partial charge in [-0.2, -0.15) is 13.2 Å². The van der Waals surface area contributed by atoms with Crippen LogP contribution in [0.15, 0.2) is 60.8 Å². The van der Waals surface area contributed by atoms with Gasteiger partial charge in [0.2, 0.25) is 5.95 Å². The van der Waals surface area contributed by atoms with Gasteiger partial charge in [0.25, 0.3) is 5.91 Å². The number of hydrogen-bond acceptors (Lipinski definition) is 4. The molecule has 0 atom stereocenters. The molecule has 0 spiro atoms. The summed E-state index contributed by atoms with van der Waals surface area (Å²) in [5.74, 6) is -0.394. The highest BCUT2D eigenvalue weighted by molar-refractivity contribution is 6.06. The van der Waals surface area contributed by atoms with Crippen LogP contribution >= 0.6 is 0 Å². The van der Waals surface area contributed by atoms with E-state index < -0.39 is 11.7 Å². The smallest absolute Gasteiger partial charge is 0.324 e. The first kappa shape index (κ1) is 18.0. The van der Waals surface area contributed by atoms with Gasteiger partial charge in [-0.3, -0.25) is 4.79 Å². The number of para-hydroxylation sites is 2. The molecule has 4 rings (SSSR count). The van der Waals surface area contributed by atoms with Gasteiger partial charge in [0.1, 0.15) is 5.69 Å². The zero-order valence-corrected chi connectivity index (χ0v) is 14.6. The van der Waals surface area contributed by atoms with Gasteiger partial charge in [-0.25, -0.2) is 9.97 Å². The van der Waals surface area contributed by atoms with Crippen molar-refractivity contribution in [3.05, 3.63) is 77.6 Å². The Morgan fingerprint density at radius 2 is 1.79 bits per heavy atom. The third-order valence-corrected chi connectivity index (χ3v) is 4.49. The van der Waals surface area contributed by atoms with E-state index >= 15 is 0 Å². The predicted octanol–water partition coefficient (Wildman–Crippen LogP) is 4.44. The quantitative estimate of drug-likeness (QED) is 0.725. The zero-order chi connectivity index (χ0) is 19.7. The molecule has 0 radical (unpaired) electrons. The Bertz CT molecular complexity index is 1040. The number of anilines is 3. The van der Waals surface area contributed by atoms with Crippen LogP contribution in [0.4, 0.5) is 30.5 Å². The first-order chi connectivity index (χ1) is 13.4. The highest BCUT2D eigenvalue weighted by atomic mass is 19.4. The first-order valence-corrected chi connectivity index (χ1v) is 8.59. The van der Waals surface area contributed by atoms with Crippen molar-refractivity contribution < 1.29 is 18.0 Å². The van der Waals surface area contributed by atoms with E-state index in [0.717, 1.165) is 23.7 Å². The molecular weight excluding hydrogens is 369 g/mol. The predicted molar refractivity (Wildman–Crippen MR) is 98.6 cm³/mol. The topological polar surface area (TPSA) is 58.1 Å². The van der Waals surface area contributed by atoms with Gasteiger partial charge < -0.3 is 10.2 Å². The number of fused-ring (bicyclic) bond motifs is 1. The van der Waals surface area contributed by atoms with Crippen molar-refractivity contribution in [1.82, 2.24) is 9.97 Å². The van der Waals surface area contributed by atoms with Crippen molar-refractivity contribution in [2.45, 2.75) is 12.6 Å². The molecule has 28 heavy (non-hydrogen) atoms. The van der Waals surface area contributed by atoms with Crippen LogP contribution in [0.2, 0.25) is 0 Å². The zero-order valence-electron chi connectivity index (χ0n) is 14.6. The van der Waals surface area contributed by atoms with Crippen molar-refractivity contribution in [2.24, 2.45) is 0 Å². The summed E-state index contributed by atoms with van der Waals surface area (Å²) in [5, 5.41) is 2.57. The van der Waals surface area contributed by atoms with E-state index in [2.05, 4.69) is 15.3 Å². The number of amides is 1. The Balaban J connectivity index is 1.61. The number of hydrogen-bond donors (Lipinski definition) is 1. The maximum Gasteiger partial charge on any atom is 0.418 e. The monoisotopic (exact) mass is 384 g/mol. The van der Waals surface area contributed by atoms with Crippen LogP contribution in [0.1, 0.15) is 21.6 Å². The normalized spacial score (nSPS) is 13.3. The Morgan fingerprint density at radius 3 is 2.61 bits per heavy atom. The van der Waals surface area contributed by atoms with Crippen LogP contribution in [0.5, 0.6) is 0 Å². The molecule has 0 fully saturated rings. The molecule has 2 heterocycles. The second kappa shape index (κ2) is 6.95. The fraction of sp³-hybridized carbons (Fsp3) is 0.150. The summed E-state index contributed by atoms with van der Waals surface area (Å²) in [7, 11) is 0. The Morgan fingerprint density at radius 1 is 1.04 bits per heavy atom. The van der Waals surface area contributed by atoms with Gasteiger partial charge in [0.05, 0.1) is 11.3 Å². The summed E-state index contributed by atoms with van der Waals surface area (Å²) in [6.45, 7) is 0.530. The minimum Gasteiger partial charge on any atom is -0.324 e. The van der Waals surface area contributed by atoms with Crippen molar-refractivity contribution in [3.63, 3.8) is 0 Å². The second-order valence-corrected chi connectivity index (χ2v) is 6.27. The number of nitrogens with one attached hydrogen (secondary N) is 1. The van der Waals surface area contributed by atoms with E-state index in [4.69, 9.17) is 0 Å². The molecule has 1 aromatic heterocycles. The standard InChI is InChI=1S/C20H15F3N4O/c21-20(22,23)14-6-2-3-7-15(14)25-19-24-11-9-16(26-19)18(28)27-12-10-13-5-1-4-8-17(13)27/h1-9,11H,10,12H2,(H,24,25,26). The van der Waals surface area contributed by atoms with E-state index in [1.54, 1.807) is 4.90 Å². The van der Waals surface area contributed by atoms with Crippen LogP contribution in [0.25, 0.3) is 0 Å². The molecule has 1 N–H and O–H groups in total. The average Bonchev–Trinajstić information content (AvgIpc) is 3.11. The number of carbonyl (C=O) groups is 1. The summed E-state index contributed by atoms with van der Waals surface area (Å²) in [5.41, 5.74) is 0.999. The lowest BCUT2D eigenvalue weighted by molar-refractivity contribution is -0.136. The van der Waals surface area contributed by atoms with Crippen molar-refractivity contribution in [1.29, 1.82) is 0 Å². The fourth-order valence-corrected chi connectivity index (χ4v) is 3.19. The SMILES string of the molecule is O=C(c1ccnc(Nc2ccccc2C(F)(F)F)n1)N1CCc2ccccc21. The summed E-state index contributed by atoms with van der Waals surface area (Å²) >= 11 is 0. The lowest BCUT2D eigenvalue weighted by Gasteiger charge is -2.17. The van der Waals surface area contributed by atoms with Gasteiger partial charge in [-0.1, -0.05) is 30.3 Å². The molecule has 3 aromatic rings. The van der Waals surface area contributed by atoms with Crippen molar-refractivity contribution in [3.8, 4) is 0 Å². The van der Waals surface area contributed by atoms with Gasteiger partial charge in [0.15, 0.2) is 0 Å². The summed E-state index contributed by atoms with van der Waals surface area (Å²) < 4.78 is 39.5. The van der Waals surface area contributed by atoms with Gasteiger partial charge >= 0.3 is 6.18 Å². The Hall–Kier alpha value is -3.42. The summed E-state index contributed by atoms with van der Waals surface area (Å²) in [4.78, 5) is 22.6. The lowest BCUT2D eigenvalue weighted by atomic mass is 10.1. The number of halogens is 3. The maximum absolute atomic E-state index is 13.2. The number of nitrogens with zero attached hydrogens (tertiary/aromatic N) is 3. The molecule has 0 bridgehead atoms. The molecule has 0 saturated carbocycles. The molecule has 0 unspecified atom stereocenters. The number of rotatable bonds is 3.